The number of cyclic esters (lactones) is 1. The average Bonchev–Trinajstić information content (AvgIpc) is 1.88. The van der Waals surface area contributed by atoms with Gasteiger partial charge in [-0.15, -0.1) is 0 Å². The number of carbonyl (C=O) groups is 1. The molecule has 0 saturated carbocycles. The Kier molecular flexibility index (Phi) is 2.26. The topological polar surface area (TPSA) is 26.3 Å². The molecule has 0 aromatic carbocycles. The molecule has 54 valence electrons. The molecule has 2 nitrogen and oxygen atoms in total. The van der Waals surface area contributed by atoms with Gasteiger partial charge in [-0.2, -0.15) is 0 Å². The fourth-order valence-corrected chi connectivity index (χ4v) is 0.867. The van der Waals surface area contributed by atoms with Crippen molar-refractivity contribution >= 4 is 5.97 Å². The van der Waals surface area contributed by atoms with Gasteiger partial charge in [-0.3, -0.25) is 0 Å². The van der Waals surface area contributed by atoms with Crippen LogP contribution in [0.1, 0.15) is 13.3 Å². The molecule has 10 heavy (non-hydrogen) atoms. The third-order valence-corrected chi connectivity index (χ3v) is 1.30. The highest BCUT2D eigenvalue weighted by atomic mass is 16.5. The Morgan fingerprint density at radius 3 is 3.20 bits per heavy atom. The zero-order valence-electron chi connectivity index (χ0n) is 5.91. The minimum absolute atomic E-state index is 0.0394. The Morgan fingerprint density at radius 2 is 2.60 bits per heavy atom. The van der Waals surface area contributed by atoms with E-state index in [1.807, 2.05) is 25.2 Å². The molecule has 2 heteroatoms. The normalized spacial score (nSPS) is 25.3. The standard InChI is InChI=1S/C8H10O2/c1-2-4-7-5-3-6-8(9)10-7/h2-4,6-7H,5H2,1H3/b4-2+/t7-/m1/s1. The van der Waals surface area contributed by atoms with Crippen molar-refractivity contribution in [1.82, 2.24) is 0 Å². The van der Waals surface area contributed by atoms with E-state index in [1.165, 1.54) is 6.08 Å². The van der Waals surface area contributed by atoms with Gasteiger partial charge in [0.1, 0.15) is 6.10 Å². The van der Waals surface area contributed by atoms with Crippen molar-refractivity contribution in [2.45, 2.75) is 19.4 Å². The van der Waals surface area contributed by atoms with Crippen molar-refractivity contribution in [3.05, 3.63) is 24.3 Å². The Balaban J connectivity index is 2.52. The van der Waals surface area contributed by atoms with Gasteiger partial charge < -0.3 is 4.74 Å². The summed E-state index contributed by atoms with van der Waals surface area (Å²) in [5.74, 6) is -0.241. The molecule has 0 aliphatic carbocycles. The smallest absolute Gasteiger partial charge is 0.331 e. The van der Waals surface area contributed by atoms with E-state index in [4.69, 9.17) is 4.74 Å². The Morgan fingerprint density at radius 1 is 1.80 bits per heavy atom. The highest BCUT2D eigenvalue weighted by Gasteiger charge is 2.11. The molecule has 1 heterocycles. The van der Waals surface area contributed by atoms with Gasteiger partial charge in [-0.25, -0.2) is 4.79 Å². The van der Waals surface area contributed by atoms with Crippen LogP contribution in [-0.2, 0) is 9.53 Å². The van der Waals surface area contributed by atoms with Crippen LogP contribution in [0.15, 0.2) is 24.3 Å². The molecule has 0 N–H and O–H groups in total. The summed E-state index contributed by atoms with van der Waals surface area (Å²) in [7, 11) is 0. The van der Waals surface area contributed by atoms with Crippen LogP contribution < -0.4 is 0 Å². The fraction of sp³-hybridized carbons (Fsp3) is 0.375. The molecule has 1 atom stereocenters. The third-order valence-electron chi connectivity index (χ3n) is 1.30. The maximum Gasteiger partial charge on any atom is 0.331 e. The minimum Gasteiger partial charge on any atom is -0.455 e. The second-order valence-electron chi connectivity index (χ2n) is 2.14. The SMILES string of the molecule is C/C=C/[C@@H]1CC=CC(=O)O1. The van der Waals surface area contributed by atoms with Crippen LogP contribution in [0.25, 0.3) is 0 Å². The number of hydrogen-bond donors (Lipinski definition) is 0. The van der Waals surface area contributed by atoms with Gasteiger partial charge in [0.05, 0.1) is 0 Å². The van der Waals surface area contributed by atoms with Crippen LogP contribution in [0.2, 0.25) is 0 Å². The van der Waals surface area contributed by atoms with Gasteiger partial charge in [0.15, 0.2) is 0 Å². The van der Waals surface area contributed by atoms with Gasteiger partial charge in [0.25, 0.3) is 0 Å². The van der Waals surface area contributed by atoms with E-state index >= 15 is 0 Å². The monoisotopic (exact) mass is 138 g/mol. The van der Waals surface area contributed by atoms with E-state index in [2.05, 4.69) is 0 Å². The van der Waals surface area contributed by atoms with Crippen molar-refractivity contribution in [2.75, 3.05) is 0 Å². The summed E-state index contributed by atoms with van der Waals surface area (Å²) in [6.45, 7) is 1.91. The molecule has 0 fully saturated rings. The molecule has 1 rings (SSSR count). The first-order valence-corrected chi connectivity index (χ1v) is 3.33. The molecule has 0 unspecified atom stereocenters. The van der Waals surface area contributed by atoms with E-state index in [0.29, 0.717) is 0 Å². The van der Waals surface area contributed by atoms with Gasteiger partial charge in [-0.1, -0.05) is 12.2 Å². The van der Waals surface area contributed by atoms with Crippen molar-refractivity contribution in [3.63, 3.8) is 0 Å². The molecule has 0 radical (unpaired) electrons. The lowest BCUT2D eigenvalue weighted by atomic mass is 10.2. The van der Waals surface area contributed by atoms with E-state index in [9.17, 15) is 4.79 Å². The first-order valence-electron chi connectivity index (χ1n) is 3.33. The first kappa shape index (κ1) is 7.06. The van der Waals surface area contributed by atoms with Crippen molar-refractivity contribution in [3.8, 4) is 0 Å². The maximum atomic E-state index is 10.6. The van der Waals surface area contributed by atoms with E-state index in [1.54, 1.807) is 0 Å². The highest BCUT2D eigenvalue weighted by molar-refractivity contribution is 5.82. The summed E-state index contributed by atoms with van der Waals surface area (Å²) in [5.41, 5.74) is 0. The zero-order valence-corrected chi connectivity index (χ0v) is 5.91. The summed E-state index contributed by atoms with van der Waals surface area (Å²) < 4.78 is 4.91. The molecule has 0 amide bonds. The number of esters is 1. The number of allylic oxidation sites excluding steroid dienone is 1. The van der Waals surface area contributed by atoms with Crippen molar-refractivity contribution in [2.24, 2.45) is 0 Å². The van der Waals surface area contributed by atoms with Crippen LogP contribution in [0.3, 0.4) is 0 Å². The van der Waals surface area contributed by atoms with Crippen LogP contribution in [0, 0.1) is 0 Å². The van der Waals surface area contributed by atoms with E-state index < -0.39 is 0 Å². The van der Waals surface area contributed by atoms with Crippen LogP contribution in [0.5, 0.6) is 0 Å². The predicted octanol–water partition coefficient (Wildman–Crippen LogP) is 1.43. The van der Waals surface area contributed by atoms with Gasteiger partial charge in [-0.05, 0) is 13.0 Å². The first-order chi connectivity index (χ1) is 4.83. The number of carbonyl (C=O) groups excluding carboxylic acids is 1. The van der Waals surface area contributed by atoms with Crippen LogP contribution in [0.4, 0.5) is 0 Å². The number of ether oxygens (including phenoxy) is 1. The van der Waals surface area contributed by atoms with Gasteiger partial charge >= 0.3 is 5.97 Å². The van der Waals surface area contributed by atoms with E-state index in [-0.39, 0.29) is 12.1 Å². The maximum absolute atomic E-state index is 10.6. The number of rotatable bonds is 1. The van der Waals surface area contributed by atoms with Gasteiger partial charge in [0.2, 0.25) is 0 Å². The molecule has 0 saturated heterocycles. The van der Waals surface area contributed by atoms with Crippen molar-refractivity contribution in [1.29, 1.82) is 0 Å². The molecule has 0 bridgehead atoms. The molecular formula is C8H10O2. The average molecular weight is 138 g/mol. The molecule has 0 aromatic rings. The lowest BCUT2D eigenvalue weighted by Gasteiger charge is -2.13. The fourth-order valence-electron chi connectivity index (χ4n) is 0.867. The molecule has 0 aromatic heterocycles. The Labute approximate surface area is 60.2 Å². The second-order valence-corrected chi connectivity index (χ2v) is 2.14. The number of hydrogen-bond acceptors (Lipinski definition) is 2. The Hall–Kier alpha value is -1.05. The quantitative estimate of drug-likeness (QED) is 0.404. The van der Waals surface area contributed by atoms with Gasteiger partial charge in [0, 0.05) is 12.5 Å². The summed E-state index contributed by atoms with van der Waals surface area (Å²) >= 11 is 0. The molecular weight excluding hydrogens is 128 g/mol. The lowest BCUT2D eigenvalue weighted by Crippen LogP contribution is -2.17. The summed E-state index contributed by atoms with van der Waals surface area (Å²) in [6, 6.07) is 0. The molecule has 0 spiro atoms. The molecule has 1 aliphatic rings. The minimum atomic E-state index is -0.241. The third kappa shape index (κ3) is 1.72. The second kappa shape index (κ2) is 3.20. The van der Waals surface area contributed by atoms with E-state index in [0.717, 1.165) is 6.42 Å². The summed E-state index contributed by atoms with van der Waals surface area (Å²) in [5, 5.41) is 0. The largest absolute Gasteiger partial charge is 0.455 e. The molecule has 1 aliphatic heterocycles. The zero-order chi connectivity index (χ0) is 7.40. The summed E-state index contributed by atoms with van der Waals surface area (Å²) in [4.78, 5) is 10.6. The lowest BCUT2D eigenvalue weighted by molar-refractivity contribution is -0.141. The highest BCUT2D eigenvalue weighted by Crippen LogP contribution is 2.07. The Bertz CT molecular complexity index is 180. The summed E-state index contributed by atoms with van der Waals surface area (Å²) in [6.07, 6.45) is 7.81. The van der Waals surface area contributed by atoms with Crippen molar-refractivity contribution < 1.29 is 9.53 Å². The predicted molar refractivity (Wildman–Crippen MR) is 38.5 cm³/mol. The van der Waals surface area contributed by atoms with Crippen LogP contribution >= 0.6 is 0 Å². The van der Waals surface area contributed by atoms with Crippen LogP contribution in [-0.4, -0.2) is 12.1 Å².